The number of methoxy groups -OCH3 is 1. The molecule has 3 nitrogen and oxygen atoms in total. The first-order chi connectivity index (χ1) is 7.72. The number of rotatable bonds is 3. The van der Waals surface area contributed by atoms with Gasteiger partial charge < -0.3 is 9.84 Å². The molecule has 2 rings (SSSR count). The average Bonchev–Trinajstić information content (AvgIpc) is 2.23. The predicted molar refractivity (Wildman–Crippen MR) is 64.3 cm³/mol. The van der Waals surface area contributed by atoms with E-state index in [0.717, 1.165) is 24.0 Å². The second-order valence-electron chi connectivity index (χ2n) is 4.21. The second kappa shape index (κ2) is 4.66. The quantitative estimate of drug-likeness (QED) is 0.792. The van der Waals surface area contributed by atoms with Crippen LogP contribution in [0, 0.1) is 6.92 Å². The van der Waals surface area contributed by atoms with Gasteiger partial charge in [0.1, 0.15) is 5.75 Å². The molecule has 0 spiro atoms. The lowest BCUT2D eigenvalue weighted by Crippen LogP contribution is -2.36. The van der Waals surface area contributed by atoms with Crippen LogP contribution in [-0.4, -0.2) is 30.6 Å². The minimum Gasteiger partial charge on any atom is -0.507 e. The molecule has 1 fully saturated rings. The first kappa shape index (κ1) is 11.1. The number of aryl methyl sites for hydroxylation is 1. The van der Waals surface area contributed by atoms with E-state index in [4.69, 9.17) is 4.74 Å². The molecule has 2 atom stereocenters. The van der Waals surface area contributed by atoms with Crippen LogP contribution in [0.15, 0.2) is 23.2 Å². The van der Waals surface area contributed by atoms with E-state index >= 15 is 0 Å². The van der Waals surface area contributed by atoms with E-state index in [-0.39, 0.29) is 12.1 Å². The van der Waals surface area contributed by atoms with Crippen LogP contribution in [0.2, 0.25) is 0 Å². The minimum atomic E-state index is 0.253. The molecule has 1 N–H and O–H groups in total. The highest BCUT2D eigenvalue weighted by Crippen LogP contribution is 2.26. The SMILES string of the molecule is COC1CCC1N=Cc1cccc(C)c1O. The predicted octanol–water partition coefficient (Wildman–Crippen LogP) is 2.30. The highest BCUT2D eigenvalue weighted by atomic mass is 16.5. The molecule has 0 amide bonds. The van der Waals surface area contributed by atoms with Crippen molar-refractivity contribution in [2.24, 2.45) is 4.99 Å². The molecule has 0 aromatic heterocycles. The summed E-state index contributed by atoms with van der Waals surface area (Å²) in [6.45, 7) is 1.88. The number of aliphatic imine (C=N–C) groups is 1. The summed E-state index contributed by atoms with van der Waals surface area (Å²) in [4.78, 5) is 4.44. The number of para-hydroxylation sites is 1. The Balaban J connectivity index is 2.09. The van der Waals surface area contributed by atoms with Crippen molar-refractivity contribution in [1.29, 1.82) is 0 Å². The normalized spacial score (nSPS) is 24.6. The smallest absolute Gasteiger partial charge is 0.127 e. The van der Waals surface area contributed by atoms with Gasteiger partial charge in [-0.25, -0.2) is 0 Å². The lowest BCUT2D eigenvalue weighted by Gasteiger charge is -2.31. The second-order valence-corrected chi connectivity index (χ2v) is 4.21. The van der Waals surface area contributed by atoms with Gasteiger partial charge in [0.2, 0.25) is 0 Å². The molecule has 1 aromatic rings. The molecule has 16 heavy (non-hydrogen) atoms. The van der Waals surface area contributed by atoms with Crippen molar-refractivity contribution >= 4 is 6.21 Å². The summed E-state index contributed by atoms with van der Waals surface area (Å²) in [7, 11) is 1.72. The van der Waals surface area contributed by atoms with Crippen LogP contribution in [-0.2, 0) is 4.74 Å². The Hall–Kier alpha value is -1.35. The summed E-state index contributed by atoms with van der Waals surface area (Å²) >= 11 is 0. The fourth-order valence-corrected chi connectivity index (χ4v) is 1.86. The molecular weight excluding hydrogens is 202 g/mol. The van der Waals surface area contributed by atoms with E-state index < -0.39 is 0 Å². The van der Waals surface area contributed by atoms with Gasteiger partial charge in [-0.2, -0.15) is 0 Å². The van der Waals surface area contributed by atoms with E-state index in [1.807, 2.05) is 25.1 Å². The Morgan fingerprint density at radius 1 is 1.44 bits per heavy atom. The molecular formula is C13H17NO2. The monoisotopic (exact) mass is 219 g/mol. The van der Waals surface area contributed by atoms with Gasteiger partial charge in [0.15, 0.2) is 0 Å². The fourth-order valence-electron chi connectivity index (χ4n) is 1.86. The van der Waals surface area contributed by atoms with Gasteiger partial charge in [-0.1, -0.05) is 12.1 Å². The first-order valence-electron chi connectivity index (χ1n) is 5.57. The molecule has 86 valence electrons. The summed E-state index contributed by atoms with van der Waals surface area (Å²) in [6.07, 6.45) is 4.15. The van der Waals surface area contributed by atoms with E-state index in [9.17, 15) is 5.11 Å². The zero-order valence-electron chi connectivity index (χ0n) is 9.68. The standard InChI is InChI=1S/C13H17NO2/c1-9-4-3-5-10(13(9)15)8-14-11-6-7-12(11)16-2/h3-5,8,11-12,15H,6-7H2,1-2H3. The van der Waals surface area contributed by atoms with Crippen molar-refractivity contribution in [2.75, 3.05) is 7.11 Å². The Labute approximate surface area is 95.8 Å². The summed E-state index contributed by atoms with van der Waals surface area (Å²) in [5.41, 5.74) is 1.66. The number of hydrogen-bond donors (Lipinski definition) is 1. The van der Waals surface area contributed by atoms with Gasteiger partial charge in [-0.3, -0.25) is 4.99 Å². The van der Waals surface area contributed by atoms with Gasteiger partial charge >= 0.3 is 0 Å². The van der Waals surface area contributed by atoms with Gasteiger partial charge in [0.25, 0.3) is 0 Å². The number of hydrogen-bond acceptors (Lipinski definition) is 3. The average molecular weight is 219 g/mol. The number of ether oxygens (including phenoxy) is 1. The minimum absolute atomic E-state index is 0.253. The number of nitrogens with zero attached hydrogens (tertiary/aromatic N) is 1. The number of phenols is 1. The van der Waals surface area contributed by atoms with Crippen LogP contribution in [0.5, 0.6) is 5.75 Å². The highest BCUT2D eigenvalue weighted by molar-refractivity contribution is 5.84. The van der Waals surface area contributed by atoms with Crippen molar-refractivity contribution in [2.45, 2.75) is 31.9 Å². The number of phenolic OH excluding ortho intramolecular Hbond substituents is 1. The Kier molecular flexibility index (Phi) is 3.25. The Morgan fingerprint density at radius 3 is 2.88 bits per heavy atom. The summed E-state index contributed by atoms with van der Waals surface area (Å²) in [5, 5.41) is 9.80. The molecule has 0 aliphatic heterocycles. The lowest BCUT2D eigenvalue weighted by molar-refractivity contribution is 0.0224. The maximum Gasteiger partial charge on any atom is 0.127 e. The van der Waals surface area contributed by atoms with Crippen LogP contribution in [0.3, 0.4) is 0 Å². The van der Waals surface area contributed by atoms with Gasteiger partial charge in [-0.15, -0.1) is 0 Å². The van der Waals surface area contributed by atoms with Crippen LogP contribution < -0.4 is 0 Å². The van der Waals surface area contributed by atoms with Gasteiger partial charge in [0.05, 0.1) is 12.1 Å². The highest BCUT2D eigenvalue weighted by Gasteiger charge is 2.29. The van der Waals surface area contributed by atoms with Crippen molar-refractivity contribution in [1.82, 2.24) is 0 Å². The van der Waals surface area contributed by atoms with Crippen molar-refractivity contribution in [3.63, 3.8) is 0 Å². The molecule has 0 saturated heterocycles. The molecule has 1 aromatic carbocycles. The lowest BCUT2D eigenvalue weighted by atomic mass is 9.89. The third kappa shape index (κ3) is 2.09. The summed E-state index contributed by atoms with van der Waals surface area (Å²) in [5.74, 6) is 0.319. The third-order valence-corrected chi connectivity index (χ3v) is 3.15. The zero-order valence-corrected chi connectivity index (χ0v) is 9.68. The Bertz CT molecular complexity index is 399. The van der Waals surface area contributed by atoms with Crippen LogP contribution in [0.1, 0.15) is 24.0 Å². The number of benzene rings is 1. The van der Waals surface area contributed by atoms with Crippen molar-refractivity contribution < 1.29 is 9.84 Å². The largest absolute Gasteiger partial charge is 0.507 e. The molecule has 0 bridgehead atoms. The van der Waals surface area contributed by atoms with Crippen LogP contribution >= 0.6 is 0 Å². The molecule has 2 unspecified atom stereocenters. The summed E-state index contributed by atoms with van der Waals surface area (Å²) in [6, 6.07) is 5.93. The fraction of sp³-hybridized carbons (Fsp3) is 0.462. The molecule has 0 heterocycles. The van der Waals surface area contributed by atoms with E-state index in [0.29, 0.717) is 5.75 Å². The molecule has 1 aliphatic rings. The first-order valence-corrected chi connectivity index (χ1v) is 5.57. The van der Waals surface area contributed by atoms with E-state index in [1.54, 1.807) is 13.3 Å². The molecule has 1 saturated carbocycles. The number of aromatic hydroxyl groups is 1. The molecule has 1 aliphatic carbocycles. The van der Waals surface area contributed by atoms with Crippen molar-refractivity contribution in [3.05, 3.63) is 29.3 Å². The van der Waals surface area contributed by atoms with E-state index in [2.05, 4.69) is 4.99 Å². The van der Waals surface area contributed by atoms with E-state index in [1.165, 1.54) is 0 Å². The van der Waals surface area contributed by atoms with Crippen LogP contribution in [0.4, 0.5) is 0 Å². The Morgan fingerprint density at radius 2 is 2.25 bits per heavy atom. The maximum atomic E-state index is 9.80. The third-order valence-electron chi connectivity index (χ3n) is 3.15. The van der Waals surface area contributed by atoms with Crippen LogP contribution in [0.25, 0.3) is 0 Å². The topological polar surface area (TPSA) is 41.8 Å². The van der Waals surface area contributed by atoms with Crippen molar-refractivity contribution in [3.8, 4) is 5.75 Å². The van der Waals surface area contributed by atoms with Gasteiger partial charge in [-0.05, 0) is 31.4 Å². The maximum absolute atomic E-state index is 9.80. The molecule has 3 heteroatoms. The zero-order chi connectivity index (χ0) is 11.5. The van der Waals surface area contributed by atoms with Gasteiger partial charge in [0, 0.05) is 18.9 Å². The molecule has 0 radical (unpaired) electrons. The summed E-state index contributed by atoms with van der Waals surface area (Å²) < 4.78 is 5.26.